The van der Waals surface area contributed by atoms with Gasteiger partial charge in [0.2, 0.25) is 0 Å². The molecule has 106 valence electrons. The molecule has 0 heterocycles. The molecule has 0 aromatic heterocycles. The summed E-state index contributed by atoms with van der Waals surface area (Å²) in [6, 6.07) is 9.71. The second-order valence-corrected chi connectivity index (χ2v) is 4.73. The Morgan fingerprint density at radius 3 is 2.53 bits per heavy atom. The normalized spacial score (nSPS) is 13.5. The van der Waals surface area contributed by atoms with Crippen molar-refractivity contribution in [2.24, 2.45) is 0 Å². The van der Waals surface area contributed by atoms with Gasteiger partial charge in [0.1, 0.15) is 0 Å². The monoisotopic (exact) mass is 265 g/mol. The van der Waals surface area contributed by atoms with Crippen molar-refractivity contribution in [2.45, 2.75) is 25.9 Å². The van der Waals surface area contributed by atoms with Crippen LogP contribution in [0, 0.1) is 0 Å². The molecular weight excluding hydrogens is 242 g/mol. The number of carbonyl (C=O) groups is 1. The standard InChI is InChI=1S/C14H23N3O2/c1-11(10-18)16-14(19)15-9-12(2)17(3)13-7-5-4-6-8-13/h4-8,11-12,18H,9-10H2,1-3H3,(H2,15,16,19). The highest BCUT2D eigenvalue weighted by atomic mass is 16.3. The first-order chi connectivity index (χ1) is 9.04. The predicted octanol–water partition coefficient (Wildman–Crippen LogP) is 1.19. The topological polar surface area (TPSA) is 64.6 Å². The molecule has 0 aliphatic rings. The van der Waals surface area contributed by atoms with Gasteiger partial charge in [-0.2, -0.15) is 0 Å². The van der Waals surface area contributed by atoms with E-state index >= 15 is 0 Å². The van der Waals surface area contributed by atoms with E-state index in [0.29, 0.717) is 6.54 Å². The summed E-state index contributed by atoms with van der Waals surface area (Å²) in [7, 11) is 2.00. The number of hydrogen-bond acceptors (Lipinski definition) is 3. The fourth-order valence-corrected chi connectivity index (χ4v) is 1.62. The highest BCUT2D eigenvalue weighted by Crippen LogP contribution is 2.13. The van der Waals surface area contributed by atoms with Crippen LogP contribution in [-0.2, 0) is 0 Å². The third kappa shape index (κ3) is 5.18. The van der Waals surface area contributed by atoms with Crippen LogP contribution >= 0.6 is 0 Å². The van der Waals surface area contributed by atoms with Crippen molar-refractivity contribution in [3.8, 4) is 0 Å². The van der Waals surface area contributed by atoms with E-state index in [-0.39, 0.29) is 24.7 Å². The highest BCUT2D eigenvalue weighted by Gasteiger charge is 2.11. The molecule has 0 aliphatic heterocycles. The zero-order valence-corrected chi connectivity index (χ0v) is 11.8. The largest absolute Gasteiger partial charge is 0.394 e. The molecule has 1 aromatic carbocycles. The zero-order chi connectivity index (χ0) is 14.3. The fraction of sp³-hybridized carbons (Fsp3) is 0.500. The third-order valence-corrected chi connectivity index (χ3v) is 3.03. The van der Waals surface area contributed by atoms with Gasteiger partial charge in [-0.05, 0) is 26.0 Å². The summed E-state index contributed by atoms with van der Waals surface area (Å²) in [5, 5.41) is 14.3. The SMILES string of the molecule is CC(CO)NC(=O)NCC(C)N(C)c1ccccc1. The molecule has 0 saturated heterocycles. The van der Waals surface area contributed by atoms with Gasteiger partial charge in [-0.1, -0.05) is 18.2 Å². The summed E-state index contributed by atoms with van der Waals surface area (Å²) in [5.74, 6) is 0. The van der Waals surface area contributed by atoms with Crippen molar-refractivity contribution < 1.29 is 9.90 Å². The lowest BCUT2D eigenvalue weighted by molar-refractivity contribution is 0.220. The molecule has 0 spiro atoms. The van der Waals surface area contributed by atoms with Gasteiger partial charge in [0.05, 0.1) is 12.6 Å². The summed E-state index contributed by atoms with van der Waals surface area (Å²) in [4.78, 5) is 13.6. The summed E-state index contributed by atoms with van der Waals surface area (Å²) >= 11 is 0. The molecule has 0 radical (unpaired) electrons. The highest BCUT2D eigenvalue weighted by molar-refractivity contribution is 5.74. The van der Waals surface area contributed by atoms with Crippen LogP contribution in [0.4, 0.5) is 10.5 Å². The first-order valence-electron chi connectivity index (χ1n) is 6.47. The van der Waals surface area contributed by atoms with Gasteiger partial charge in [0.15, 0.2) is 0 Å². The maximum atomic E-state index is 11.5. The number of likely N-dealkylation sites (N-methyl/N-ethyl adjacent to an activating group) is 1. The van der Waals surface area contributed by atoms with Crippen LogP contribution in [0.5, 0.6) is 0 Å². The van der Waals surface area contributed by atoms with Crippen molar-refractivity contribution in [2.75, 3.05) is 25.1 Å². The number of carbonyl (C=O) groups excluding carboxylic acids is 1. The van der Waals surface area contributed by atoms with Crippen molar-refractivity contribution in [1.29, 1.82) is 0 Å². The maximum absolute atomic E-state index is 11.5. The quantitative estimate of drug-likeness (QED) is 0.724. The summed E-state index contributed by atoms with van der Waals surface area (Å²) in [5.41, 5.74) is 1.11. The number of urea groups is 1. The summed E-state index contributed by atoms with van der Waals surface area (Å²) in [6.07, 6.45) is 0. The second-order valence-electron chi connectivity index (χ2n) is 4.73. The lowest BCUT2D eigenvalue weighted by atomic mass is 10.2. The lowest BCUT2D eigenvalue weighted by Crippen LogP contribution is -2.47. The molecule has 5 heteroatoms. The predicted molar refractivity (Wildman–Crippen MR) is 77.4 cm³/mol. The lowest BCUT2D eigenvalue weighted by Gasteiger charge is -2.27. The Morgan fingerprint density at radius 2 is 1.95 bits per heavy atom. The van der Waals surface area contributed by atoms with Crippen LogP contribution in [0.15, 0.2) is 30.3 Å². The molecule has 1 aromatic rings. The van der Waals surface area contributed by atoms with Gasteiger partial charge in [0, 0.05) is 25.3 Å². The van der Waals surface area contributed by atoms with Crippen LogP contribution in [0.2, 0.25) is 0 Å². The van der Waals surface area contributed by atoms with Crippen LogP contribution in [-0.4, -0.2) is 43.4 Å². The second kappa shape index (κ2) is 7.63. The number of hydrogen-bond donors (Lipinski definition) is 3. The number of anilines is 1. The Labute approximate surface area is 114 Å². The number of para-hydroxylation sites is 1. The molecule has 2 atom stereocenters. The average Bonchev–Trinajstić information content (AvgIpc) is 2.44. The molecule has 19 heavy (non-hydrogen) atoms. The Morgan fingerprint density at radius 1 is 1.32 bits per heavy atom. The number of aliphatic hydroxyl groups excluding tert-OH is 1. The van der Waals surface area contributed by atoms with Gasteiger partial charge in [-0.15, -0.1) is 0 Å². The Bertz CT molecular complexity index is 384. The van der Waals surface area contributed by atoms with E-state index in [0.717, 1.165) is 5.69 Å². The Hall–Kier alpha value is -1.75. The average molecular weight is 265 g/mol. The summed E-state index contributed by atoms with van der Waals surface area (Å²) < 4.78 is 0. The van der Waals surface area contributed by atoms with E-state index in [9.17, 15) is 4.79 Å². The Kier molecular flexibility index (Phi) is 6.15. The van der Waals surface area contributed by atoms with Crippen molar-refractivity contribution in [1.82, 2.24) is 10.6 Å². The van der Waals surface area contributed by atoms with Crippen molar-refractivity contribution >= 4 is 11.7 Å². The molecular formula is C14H23N3O2. The molecule has 0 saturated carbocycles. The van der Waals surface area contributed by atoms with Gasteiger partial charge in [-0.3, -0.25) is 0 Å². The molecule has 2 unspecified atom stereocenters. The first-order valence-corrected chi connectivity index (χ1v) is 6.47. The molecule has 3 N–H and O–H groups in total. The molecule has 5 nitrogen and oxygen atoms in total. The number of nitrogens with one attached hydrogen (secondary N) is 2. The molecule has 0 bridgehead atoms. The molecule has 1 rings (SSSR count). The number of nitrogens with zero attached hydrogens (tertiary/aromatic N) is 1. The van der Waals surface area contributed by atoms with E-state index in [1.807, 2.05) is 44.3 Å². The number of rotatable bonds is 6. The van der Waals surface area contributed by atoms with Gasteiger partial charge in [-0.25, -0.2) is 4.79 Å². The Balaban J connectivity index is 2.39. The van der Waals surface area contributed by atoms with E-state index in [4.69, 9.17) is 5.11 Å². The van der Waals surface area contributed by atoms with Crippen LogP contribution < -0.4 is 15.5 Å². The first kappa shape index (κ1) is 15.3. The minimum absolute atomic E-state index is 0.0626. The fourth-order valence-electron chi connectivity index (χ4n) is 1.62. The maximum Gasteiger partial charge on any atom is 0.315 e. The summed E-state index contributed by atoms with van der Waals surface area (Å²) in [6.45, 7) is 4.27. The smallest absolute Gasteiger partial charge is 0.315 e. The minimum atomic E-state index is -0.255. The molecule has 2 amide bonds. The van der Waals surface area contributed by atoms with E-state index in [2.05, 4.69) is 15.5 Å². The minimum Gasteiger partial charge on any atom is -0.394 e. The van der Waals surface area contributed by atoms with Crippen LogP contribution in [0.3, 0.4) is 0 Å². The molecule has 0 aliphatic carbocycles. The third-order valence-electron chi connectivity index (χ3n) is 3.03. The van der Waals surface area contributed by atoms with E-state index in [1.165, 1.54) is 0 Å². The zero-order valence-electron chi connectivity index (χ0n) is 11.8. The number of amides is 2. The van der Waals surface area contributed by atoms with E-state index in [1.54, 1.807) is 6.92 Å². The van der Waals surface area contributed by atoms with E-state index < -0.39 is 0 Å². The molecule has 0 fully saturated rings. The van der Waals surface area contributed by atoms with Gasteiger partial charge < -0.3 is 20.6 Å². The van der Waals surface area contributed by atoms with Crippen LogP contribution in [0.1, 0.15) is 13.8 Å². The van der Waals surface area contributed by atoms with Crippen LogP contribution in [0.25, 0.3) is 0 Å². The van der Waals surface area contributed by atoms with Gasteiger partial charge >= 0.3 is 6.03 Å². The van der Waals surface area contributed by atoms with Crippen molar-refractivity contribution in [3.05, 3.63) is 30.3 Å². The number of benzene rings is 1. The van der Waals surface area contributed by atoms with Gasteiger partial charge in [0.25, 0.3) is 0 Å². The van der Waals surface area contributed by atoms with Crippen molar-refractivity contribution in [3.63, 3.8) is 0 Å². The number of aliphatic hydroxyl groups is 1.